The highest BCUT2D eigenvalue weighted by atomic mass is 35.5. The van der Waals surface area contributed by atoms with Crippen molar-refractivity contribution in [3.8, 4) is 0 Å². The normalized spacial score (nSPS) is 12.1. The van der Waals surface area contributed by atoms with Crippen LogP contribution in [0.15, 0.2) is 60.7 Å². The minimum atomic E-state index is -0.985. The van der Waals surface area contributed by atoms with Gasteiger partial charge in [0.05, 0.1) is 6.04 Å². The number of hydrogen-bond donors (Lipinski definition) is 2. The predicted molar refractivity (Wildman–Crippen MR) is 115 cm³/mol. The molecule has 0 spiro atoms. The molecule has 162 valence electrons. The van der Waals surface area contributed by atoms with Crippen LogP contribution >= 0.6 is 12.4 Å². The van der Waals surface area contributed by atoms with Gasteiger partial charge in [0.1, 0.15) is 19.3 Å². The Morgan fingerprint density at radius 2 is 1.40 bits per heavy atom. The molecule has 8 heteroatoms. The molecule has 2 aromatic rings. The molecule has 3 N–H and O–H groups in total. The summed E-state index contributed by atoms with van der Waals surface area (Å²) in [5.41, 5.74) is 7.25. The molecule has 2 atom stereocenters. The average Bonchev–Trinajstić information content (AvgIpc) is 2.74. The van der Waals surface area contributed by atoms with E-state index in [1.807, 2.05) is 60.7 Å². The Bertz CT molecular complexity index is 800. The molecule has 0 saturated carbocycles. The van der Waals surface area contributed by atoms with Gasteiger partial charge in [-0.3, -0.25) is 9.59 Å². The van der Waals surface area contributed by atoms with Gasteiger partial charge < -0.3 is 20.5 Å². The van der Waals surface area contributed by atoms with Crippen molar-refractivity contribution in [1.82, 2.24) is 5.32 Å². The molecule has 1 amide bonds. The van der Waals surface area contributed by atoms with Crippen molar-refractivity contribution in [3.63, 3.8) is 0 Å². The number of halogens is 1. The lowest BCUT2D eigenvalue weighted by Gasteiger charge is -2.18. The Morgan fingerprint density at radius 3 is 1.90 bits per heavy atom. The van der Waals surface area contributed by atoms with E-state index in [0.717, 1.165) is 11.1 Å². The molecule has 0 unspecified atom stereocenters. The van der Waals surface area contributed by atoms with Crippen molar-refractivity contribution in [2.75, 3.05) is 0 Å². The van der Waals surface area contributed by atoms with E-state index < -0.39 is 29.9 Å². The van der Waals surface area contributed by atoms with E-state index in [-0.39, 0.29) is 38.5 Å². The molecular weight excluding hydrogens is 408 g/mol. The van der Waals surface area contributed by atoms with Gasteiger partial charge in [0.15, 0.2) is 0 Å². The zero-order valence-electron chi connectivity index (χ0n) is 16.8. The molecule has 7 nitrogen and oxygen atoms in total. The van der Waals surface area contributed by atoms with E-state index in [1.54, 1.807) is 0 Å². The van der Waals surface area contributed by atoms with Crippen molar-refractivity contribution in [2.45, 2.75) is 45.1 Å². The van der Waals surface area contributed by atoms with Crippen molar-refractivity contribution in [1.29, 1.82) is 0 Å². The first-order valence-corrected chi connectivity index (χ1v) is 9.41. The fourth-order valence-corrected chi connectivity index (χ4v) is 2.45. The number of rotatable bonds is 10. The van der Waals surface area contributed by atoms with Crippen molar-refractivity contribution < 1.29 is 23.9 Å². The van der Waals surface area contributed by atoms with Gasteiger partial charge in [-0.05, 0) is 24.5 Å². The number of nitrogens with one attached hydrogen (secondary N) is 1. The van der Waals surface area contributed by atoms with Crippen LogP contribution < -0.4 is 11.1 Å². The number of benzene rings is 2. The lowest BCUT2D eigenvalue weighted by molar-refractivity contribution is -0.150. The zero-order chi connectivity index (χ0) is 21.1. The van der Waals surface area contributed by atoms with E-state index in [0.29, 0.717) is 0 Å². The van der Waals surface area contributed by atoms with Crippen LogP contribution in [-0.2, 0) is 37.1 Å². The molecule has 0 aliphatic heterocycles. The van der Waals surface area contributed by atoms with Gasteiger partial charge in [0.25, 0.3) is 0 Å². The quantitative estimate of drug-likeness (QED) is 0.556. The van der Waals surface area contributed by atoms with Crippen LogP contribution in [0.2, 0.25) is 0 Å². The van der Waals surface area contributed by atoms with E-state index in [1.165, 1.54) is 6.92 Å². The lowest BCUT2D eigenvalue weighted by Crippen LogP contribution is -2.48. The van der Waals surface area contributed by atoms with E-state index in [9.17, 15) is 14.4 Å². The molecule has 0 heterocycles. The fraction of sp³-hybridized carbons (Fsp3) is 0.318. The maximum absolute atomic E-state index is 12.4. The summed E-state index contributed by atoms with van der Waals surface area (Å²) in [6.07, 6.45) is 0.0108. The minimum Gasteiger partial charge on any atom is -0.461 e. The zero-order valence-corrected chi connectivity index (χ0v) is 17.6. The number of nitrogens with two attached hydrogens (primary N) is 1. The predicted octanol–water partition coefficient (Wildman–Crippen LogP) is 2.51. The van der Waals surface area contributed by atoms with Crippen molar-refractivity contribution in [2.24, 2.45) is 5.73 Å². The van der Waals surface area contributed by atoms with Crippen LogP contribution in [0.3, 0.4) is 0 Å². The highest BCUT2D eigenvalue weighted by Gasteiger charge is 2.25. The van der Waals surface area contributed by atoms with Crippen LogP contribution in [0, 0.1) is 0 Å². The minimum absolute atomic E-state index is 0. The summed E-state index contributed by atoms with van der Waals surface area (Å²) in [5, 5.41) is 2.54. The van der Waals surface area contributed by atoms with Gasteiger partial charge in [0, 0.05) is 6.42 Å². The summed E-state index contributed by atoms with van der Waals surface area (Å²) in [4.78, 5) is 36.4. The van der Waals surface area contributed by atoms with Crippen LogP contribution in [0.4, 0.5) is 0 Å². The Balaban J connectivity index is 0.00000450. The van der Waals surface area contributed by atoms with Gasteiger partial charge in [-0.25, -0.2) is 4.79 Å². The van der Waals surface area contributed by atoms with Crippen LogP contribution in [-0.4, -0.2) is 29.9 Å². The standard InChI is InChI=1S/C22H26N2O5.ClH/c1-16(23)21(26)24-19(22(27)29-15-18-10-6-3-7-11-18)12-13-20(25)28-14-17-8-4-2-5-9-17;/h2-11,16,19H,12-15,23H2,1H3,(H,24,26);1H/t16-,19+;/m0./s1. The monoisotopic (exact) mass is 434 g/mol. The third-order valence-corrected chi connectivity index (χ3v) is 4.12. The van der Waals surface area contributed by atoms with Crippen LogP contribution in [0.1, 0.15) is 30.9 Å². The highest BCUT2D eigenvalue weighted by molar-refractivity contribution is 5.87. The molecule has 0 saturated heterocycles. The summed E-state index contributed by atoms with van der Waals surface area (Å²) in [6.45, 7) is 1.73. The summed E-state index contributed by atoms with van der Waals surface area (Å²) in [7, 11) is 0. The maximum Gasteiger partial charge on any atom is 0.328 e. The molecule has 0 radical (unpaired) electrons. The van der Waals surface area contributed by atoms with Gasteiger partial charge in [0.2, 0.25) is 5.91 Å². The van der Waals surface area contributed by atoms with Gasteiger partial charge >= 0.3 is 11.9 Å². The smallest absolute Gasteiger partial charge is 0.328 e. The molecular formula is C22H27ClN2O5. The van der Waals surface area contributed by atoms with E-state index in [2.05, 4.69) is 5.32 Å². The largest absolute Gasteiger partial charge is 0.461 e. The Hall–Kier alpha value is -2.90. The second-order valence-electron chi connectivity index (χ2n) is 6.63. The summed E-state index contributed by atoms with van der Waals surface area (Å²) >= 11 is 0. The number of amides is 1. The number of ether oxygens (including phenoxy) is 2. The summed E-state index contributed by atoms with van der Waals surface area (Å²) in [5.74, 6) is -1.59. The molecule has 0 aromatic heterocycles. The third kappa shape index (κ3) is 9.07. The van der Waals surface area contributed by atoms with E-state index >= 15 is 0 Å². The molecule has 0 aliphatic carbocycles. The molecule has 0 aliphatic rings. The number of carbonyl (C=O) groups is 3. The first-order valence-electron chi connectivity index (χ1n) is 9.41. The second-order valence-corrected chi connectivity index (χ2v) is 6.63. The SMILES string of the molecule is C[C@H](N)C(=O)N[C@H](CCC(=O)OCc1ccccc1)C(=O)OCc1ccccc1.Cl. The number of hydrogen-bond acceptors (Lipinski definition) is 6. The third-order valence-electron chi connectivity index (χ3n) is 4.12. The lowest BCUT2D eigenvalue weighted by atomic mass is 10.1. The van der Waals surface area contributed by atoms with E-state index in [4.69, 9.17) is 15.2 Å². The second kappa shape index (κ2) is 13.3. The molecule has 0 bridgehead atoms. The van der Waals surface area contributed by atoms with Crippen LogP contribution in [0.5, 0.6) is 0 Å². The van der Waals surface area contributed by atoms with Crippen molar-refractivity contribution in [3.05, 3.63) is 71.8 Å². The first kappa shape index (κ1) is 25.1. The summed E-state index contributed by atoms with van der Waals surface area (Å²) < 4.78 is 10.5. The average molecular weight is 435 g/mol. The van der Waals surface area contributed by atoms with Crippen LogP contribution in [0.25, 0.3) is 0 Å². The van der Waals surface area contributed by atoms with Gasteiger partial charge in [-0.2, -0.15) is 0 Å². The molecule has 2 rings (SSSR count). The van der Waals surface area contributed by atoms with Gasteiger partial charge in [-0.15, -0.1) is 12.4 Å². The Kier molecular flexibility index (Phi) is 11.2. The molecule has 0 fully saturated rings. The number of esters is 2. The van der Waals surface area contributed by atoms with Crippen molar-refractivity contribution >= 4 is 30.3 Å². The van der Waals surface area contributed by atoms with Gasteiger partial charge in [-0.1, -0.05) is 60.7 Å². The molecule has 2 aromatic carbocycles. The topological polar surface area (TPSA) is 108 Å². The number of carbonyl (C=O) groups excluding carboxylic acids is 3. The summed E-state index contributed by atoms with van der Waals surface area (Å²) in [6, 6.07) is 16.7. The maximum atomic E-state index is 12.4. The Morgan fingerprint density at radius 1 is 0.900 bits per heavy atom. The fourth-order valence-electron chi connectivity index (χ4n) is 2.45. The Labute approximate surface area is 182 Å². The molecule has 30 heavy (non-hydrogen) atoms. The first-order chi connectivity index (χ1) is 14.0. The highest BCUT2D eigenvalue weighted by Crippen LogP contribution is 2.08.